The molecule has 2 aliphatic rings. The molecular weight excluding hydrogens is 236 g/mol. The SMILES string of the molecule is CCCn1cc(NCC2CC3C=CC2C3)ccc1=O. The lowest BCUT2D eigenvalue weighted by atomic mass is 9.93. The van der Waals surface area contributed by atoms with Crippen LogP contribution in [0.4, 0.5) is 5.69 Å². The zero-order chi connectivity index (χ0) is 13.2. The molecule has 1 fully saturated rings. The topological polar surface area (TPSA) is 34.0 Å². The smallest absolute Gasteiger partial charge is 0.250 e. The molecule has 0 radical (unpaired) electrons. The summed E-state index contributed by atoms with van der Waals surface area (Å²) >= 11 is 0. The van der Waals surface area contributed by atoms with E-state index in [9.17, 15) is 4.79 Å². The first kappa shape index (κ1) is 12.5. The molecule has 0 aromatic carbocycles. The molecule has 3 unspecified atom stereocenters. The van der Waals surface area contributed by atoms with E-state index in [1.165, 1.54) is 12.8 Å². The van der Waals surface area contributed by atoms with Gasteiger partial charge in [-0.15, -0.1) is 0 Å². The molecule has 0 spiro atoms. The fraction of sp³-hybridized carbons (Fsp3) is 0.562. The maximum Gasteiger partial charge on any atom is 0.250 e. The fourth-order valence-electron chi connectivity index (χ4n) is 3.43. The Kier molecular flexibility index (Phi) is 3.45. The first-order valence-electron chi connectivity index (χ1n) is 7.39. The lowest BCUT2D eigenvalue weighted by Gasteiger charge is -2.19. The van der Waals surface area contributed by atoms with E-state index in [0.717, 1.165) is 43.0 Å². The molecule has 3 atom stereocenters. The van der Waals surface area contributed by atoms with Gasteiger partial charge in [-0.2, -0.15) is 0 Å². The Morgan fingerprint density at radius 2 is 2.21 bits per heavy atom. The van der Waals surface area contributed by atoms with Gasteiger partial charge in [0.05, 0.1) is 5.69 Å². The second kappa shape index (κ2) is 5.24. The number of fused-ring (bicyclic) bond motifs is 2. The molecule has 3 rings (SSSR count). The van der Waals surface area contributed by atoms with Gasteiger partial charge in [0.2, 0.25) is 0 Å². The van der Waals surface area contributed by atoms with Crippen LogP contribution in [0.3, 0.4) is 0 Å². The molecule has 1 N–H and O–H groups in total. The van der Waals surface area contributed by atoms with E-state index < -0.39 is 0 Å². The summed E-state index contributed by atoms with van der Waals surface area (Å²) in [6.45, 7) is 3.91. The minimum atomic E-state index is 0.0928. The highest BCUT2D eigenvalue weighted by Crippen LogP contribution is 2.43. The summed E-state index contributed by atoms with van der Waals surface area (Å²) in [5.41, 5.74) is 1.16. The third-order valence-electron chi connectivity index (χ3n) is 4.43. The number of hydrogen-bond acceptors (Lipinski definition) is 2. The zero-order valence-electron chi connectivity index (χ0n) is 11.5. The maximum absolute atomic E-state index is 11.7. The van der Waals surface area contributed by atoms with E-state index in [2.05, 4.69) is 24.4 Å². The number of hydrogen-bond donors (Lipinski definition) is 1. The van der Waals surface area contributed by atoms with Gasteiger partial charge in [-0.05, 0) is 43.1 Å². The van der Waals surface area contributed by atoms with Crippen molar-refractivity contribution in [2.45, 2.75) is 32.7 Å². The van der Waals surface area contributed by atoms with E-state index in [1.54, 1.807) is 10.6 Å². The molecule has 19 heavy (non-hydrogen) atoms. The van der Waals surface area contributed by atoms with Crippen molar-refractivity contribution in [2.24, 2.45) is 17.8 Å². The molecule has 102 valence electrons. The molecule has 0 saturated heterocycles. The van der Waals surface area contributed by atoms with E-state index in [0.29, 0.717) is 0 Å². The standard InChI is InChI=1S/C16H22N2O/c1-2-7-18-11-15(5-6-16(18)19)17-10-14-9-12-3-4-13(14)8-12/h3-6,11-14,17H,2,7-10H2,1H3. The average Bonchev–Trinajstić information content (AvgIpc) is 3.02. The van der Waals surface area contributed by atoms with Gasteiger partial charge in [0.25, 0.3) is 5.56 Å². The molecule has 0 amide bonds. The number of pyridine rings is 1. The number of allylic oxidation sites excluding steroid dienone is 2. The van der Waals surface area contributed by atoms with Crippen molar-refractivity contribution in [3.63, 3.8) is 0 Å². The quantitative estimate of drug-likeness (QED) is 0.824. The Bertz CT molecular complexity index is 532. The van der Waals surface area contributed by atoms with Gasteiger partial charge in [-0.1, -0.05) is 19.1 Å². The monoisotopic (exact) mass is 258 g/mol. The van der Waals surface area contributed by atoms with Gasteiger partial charge < -0.3 is 9.88 Å². The van der Waals surface area contributed by atoms with Crippen molar-refractivity contribution in [1.29, 1.82) is 0 Å². The molecule has 1 heterocycles. The third kappa shape index (κ3) is 2.60. The molecule has 0 aliphatic heterocycles. The Morgan fingerprint density at radius 1 is 1.32 bits per heavy atom. The van der Waals surface area contributed by atoms with Gasteiger partial charge in [-0.25, -0.2) is 0 Å². The van der Waals surface area contributed by atoms with Crippen molar-refractivity contribution in [3.8, 4) is 0 Å². The number of nitrogens with one attached hydrogen (secondary N) is 1. The van der Waals surface area contributed by atoms with Gasteiger partial charge in [0.15, 0.2) is 0 Å². The second-order valence-electron chi connectivity index (χ2n) is 5.87. The van der Waals surface area contributed by atoms with Crippen LogP contribution in [-0.4, -0.2) is 11.1 Å². The van der Waals surface area contributed by atoms with Crippen molar-refractivity contribution in [1.82, 2.24) is 4.57 Å². The first-order valence-corrected chi connectivity index (χ1v) is 7.39. The summed E-state index contributed by atoms with van der Waals surface area (Å²) in [6, 6.07) is 3.57. The minimum Gasteiger partial charge on any atom is -0.384 e. The Labute approximate surface area is 114 Å². The third-order valence-corrected chi connectivity index (χ3v) is 4.43. The predicted molar refractivity (Wildman–Crippen MR) is 78.3 cm³/mol. The molecular formula is C16H22N2O. The van der Waals surface area contributed by atoms with E-state index >= 15 is 0 Å². The molecule has 2 aliphatic carbocycles. The highest BCUT2D eigenvalue weighted by atomic mass is 16.1. The van der Waals surface area contributed by atoms with Crippen molar-refractivity contribution in [2.75, 3.05) is 11.9 Å². The van der Waals surface area contributed by atoms with Crippen LogP contribution in [0.1, 0.15) is 26.2 Å². The van der Waals surface area contributed by atoms with Crippen molar-refractivity contribution >= 4 is 5.69 Å². The van der Waals surface area contributed by atoms with Crippen LogP contribution in [0.2, 0.25) is 0 Å². The summed E-state index contributed by atoms with van der Waals surface area (Å²) in [6.07, 6.45) is 10.4. The second-order valence-corrected chi connectivity index (χ2v) is 5.87. The molecule has 3 heteroatoms. The van der Waals surface area contributed by atoms with Crippen LogP contribution in [0.25, 0.3) is 0 Å². The molecule has 1 aromatic rings. The van der Waals surface area contributed by atoms with Gasteiger partial charge in [0, 0.05) is 25.4 Å². The number of anilines is 1. The predicted octanol–water partition coefficient (Wildman–Crippen LogP) is 2.88. The van der Waals surface area contributed by atoms with E-state index in [-0.39, 0.29) is 5.56 Å². The molecule has 2 bridgehead atoms. The van der Waals surface area contributed by atoms with Crippen LogP contribution in [0.5, 0.6) is 0 Å². The Morgan fingerprint density at radius 3 is 2.89 bits per heavy atom. The highest BCUT2D eigenvalue weighted by molar-refractivity contribution is 5.40. The first-order chi connectivity index (χ1) is 9.26. The molecule has 1 aromatic heterocycles. The summed E-state index contributed by atoms with van der Waals surface area (Å²) in [4.78, 5) is 11.7. The van der Waals surface area contributed by atoms with Gasteiger partial charge in [0.1, 0.15) is 0 Å². The maximum atomic E-state index is 11.7. The van der Waals surface area contributed by atoms with Crippen molar-refractivity contribution < 1.29 is 0 Å². The largest absolute Gasteiger partial charge is 0.384 e. The lowest BCUT2D eigenvalue weighted by molar-refractivity contribution is 0.471. The number of rotatable bonds is 5. The van der Waals surface area contributed by atoms with E-state index in [4.69, 9.17) is 0 Å². The number of aryl methyl sites for hydroxylation is 1. The lowest BCUT2D eigenvalue weighted by Crippen LogP contribution is -2.21. The van der Waals surface area contributed by atoms with Crippen molar-refractivity contribution in [3.05, 3.63) is 40.8 Å². The van der Waals surface area contributed by atoms with E-state index in [1.807, 2.05) is 12.3 Å². The van der Waals surface area contributed by atoms with Crippen LogP contribution < -0.4 is 10.9 Å². The average molecular weight is 258 g/mol. The Balaban J connectivity index is 1.62. The highest BCUT2D eigenvalue weighted by Gasteiger charge is 2.35. The summed E-state index contributed by atoms with van der Waals surface area (Å²) in [5.74, 6) is 2.37. The zero-order valence-corrected chi connectivity index (χ0v) is 11.5. The van der Waals surface area contributed by atoms with Gasteiger partial charge in [-0.3, -0.25) is 4.79 Å². The van der Waals surface area contributed by atoms with Crippen LogP contribution >= 0.6 is 0 Å². The van der Waals surface area contributed by atoms with Gasteiger partial charge >= 0.3 is 0 Å². The van der Waals surface area contributed by atoms with Crippen LogP contribution in [0.15, 0.2) is 35.3 Å². The van der Waals surface area contributed by atoms with Crippen LogP contribution in [-0.2, 0) is 6.54 Å². The normalized spacial score (nSPS) is 27.9. The summed E-state index contributed by atoms with van der Waals surface area (Å²) < 4.78 is 1.79. The van der Waals surface area contributed by atoms with Crippen LogP contribution in [0, 0.1) is 17.8 Å². The minimum absolute atomic E-state index is 0.0928. The summed E-state index contributed by atoms with van der Waals surface area (Å²) in [7, 11) is 0. The Hall–Kier alpha value is -1.51. The summed E-state index contributed by atoms with van der Waals surface area (Å²) in [5, 5.41) is 3.50. The molecule has 1 saturated carbocycles. The fourth-order valence-corrected chi connectivity index (χ4v) is 3.43. The number of aromatic nitrogens is 1. The number of nitrogens with zero attached hydrogens (tertiary/aromatic N) is 1. The molecule has 3 nitrogen and oxygen atoms in total.